The van der Waals surface area contributed by atoms with Gasteiger partial charge in [0.05, 0.1) is 12.2 Å². The molecule has 0 spiro atoms. The SMILES string of the molecule is N#Cc1csc(C2(CON)CC2)c1. The first-order valence-electron chi connectivity index (χ1n) is 4.11. The molecule has 3 nitrogen and oxygen atoms in total. The molecule has 1 aliphatic carbocycles. The van der Waals surface area contributed by atoms with Gasteiger partial charge in [-0.25, -0.2) is 5.90 Å². The smallest absolute Gasteiger partial charge is 0.100 e. The molecule has 0 radical (unpaired) electrons. The molecule has 1 saturated carbocycles. The van der Waals surface area contributed by atoms with Crippen molar-refractivity contribution in [1.29, 1.82) is 5.26 Å². The fourth-order valence-electron chi connectivity index (χ4n) is 1.45. The van der Waals surface area contributed by atoms with E-state index in [0.29, 0.717) is 6.61 Å². The van der Waals surface area contributed by atoms with Crippen molar-refractivity contribution in [2.45, 2.75) is 18.3 Å². The maximum Gasteiger partial charge on any atom is 0.100 e. The molecule has 1 fully saturated rings. The fraction of sp³-hybridized carbons (Fsp3) is 0.444. The highest BCUT2D eigenvalue weighted by atomic mass is 32.1. The monoisotopic (exact) mass is 194 g/mol. The molecule has 0 aliphatic heterocycles. The molecule has 13 heavy (non-hydrogen) atoms. The normalized spacial score (nSPS) is 18.2. The molecule has 0 atom stereocenters. The van der Waals surface area contributed by atoms with E-state index in [1.54, 1.807) is 11.3 Å². The van der Waals surface area contributed by atoms with Crippen LogP contribution in [0.2, 0.25) is 0 Å². The first kappa shape index (κ1) is 8.70. The maximum absolute atomic E-state index is 8.67. The number of rotatable bonds is 3. The van der Waals surface area contributed by atoms with Gasteiger partial charge in [0.25, 0.3) is 0 Å². The fourth-order valence-corrected chi connectivity index (χ4v) is 2.53. The zero-order valence-electron chi connectivity index (χ0n) is 7.12. The van der Waals surface area contributed by atoms with Crippen molar-refractivity contribution in [2.24, 2.45) is 5.90 Å². The van der Waals surface area contributed by atoms with Crippen LogP contribution in [0.3, 0.4) is 0 Å². The summed E-state index contributed by atoms with van der Waals surface area (Å²) in [5.41, 5.74) is 0.873. The molecular weight excluding hydrogens is 184 g/mol. The van der Waals surface area contributed by atoms with Gasteiger partial charge in [0, 0.05) is 15.7 Å². The third-order valence-electron chi connectivity index (χ3n) is 2.46. The van der Waals surface area contributed by atoms with E-state index >= 15 is 0 Å². The van der Waals surface area contributed by atoms with Gasteiger partial charge in [-0.2, -0.15) is 5.26 Å². The Hall–Kier alpha value is -0.890. The second-order valence-electron chi connectivity index (χ2n) is 3.40. The molecule has 1 heterocycles. The molecule has 1 aromatic rings. The number of hydrogen-bond donors (Lipinski definition) is 1. The summed E-state index contributed by atoms with van der Waals surface area (Å²) < 4.78 is 0. The van der Waals surface area contributed by atoms with Gasteiger partial charge >= 0.3 is 0 Å². The zero-order valence-corrected chi connectivity index (χ0v) is 7.93. The average molecular weight is 194 g/mol. The molecule has 0 bridgehead atoms. The lowest BCUT2D eigenvalue weighted by molar-refractivity contribution is 0.117. The molecule has 0 amide bonds. The van der Waals surface area contributed by atoms with Crippen molar-refractivity contribution in [3.63, 3.8) is 0 Å². The summed E-state index contributed by atoms with van der Waals surface area (Å²) in [6.07, 6.45) is 2.24. The van der Waals surface area contributed by atoms with Crippen LogP contribution >= 0.6 is 11.3 Å². The molecule has 2 rings (SSSR count). The molecule has 0 aromatic carbocycles. The first-order chi connectivity index (χ1) is 6.30. The molecule has 0 saturated heterocycles. The van der Waals surface area contributed by atoms with E-state index in [0.717, 1.165) is 18.4 Å². The van der Waals surface area contributed by atoms with Crippen LogP contribution in [0.4, 0.5) is 0 Å². The molecule has 1 aromatic heterocycles. The Balaban J connectivity index is 2.21. The predicted molar refractivity (Wildman–Crippen MR) is 50.1 cm³/mol. The Morgan fingerprint density at radius 1 is 1.69 bits per heavy atom. The Morgan fingerprint density at radius 2 is 2.46 bits per heavy atom. The van der Waals surface area contributed by atoms with Crippen molar-refractivity contribution in [3.05, 3.63) is 21.9 Å². The van der Waals surface area contributed by atoms with Crippen molar-refractivity contribution in [1.82, 2.24) is 0 Å². The second-order valence-corrected chi connectivity index (χ2v) is 4.31. The maximum atomic E-state index is 8.67. The minimum Gasteiger partial charge on any atom is -0.304 e. The highest BCUT2D eigenvalue weighted by molar-refractivity contribution is 7.10. The van der Waals surface area contributed by atoms with E-state index in [1.165, 1.54) is 4.88 Å². The minimum atomic E-state index is 0.133. The van der Waals surface area contributed by atoms with Crippen LogP contribution in [0.25, 0.3) is 0 Å². The molecule has 68 valence electrons. The molecule has 4 heteroatoms. The van der Waals surface area contributed by atoms with Gasteiger partial charge < -0.3 is 4.84 Å². The Labute approximate surface area is 80.7 Å². The lowest BCUT2D eigenvalue weighted by atomic mass is 10.1. The largest absolute Gasteiger partial charge is 0.304 e. The highest BCUT2D eigenvalue weighted by Crippen LogP contribution is 2.50. The molecule has 2 N–H and O–H groups in total. The number of nitrogens with two attached hydrogens (primary N) is 1. The number of thiophene rings is 1. The van der Waals surface area contributed by atoms with Crippen LogP contribution in [-0.2, 0) is 10.3 Å². The van der Waals surface area contributed by atoms with E-state index in [9.17, 15) is 0 Å². The summed E-state index contributed by atoms with van der Waals surface area (Å²) in [5, 5.41) is 10.5. The van der Waals surface area contributed by atoms with Crippen molar-refractivity contribution in [2.75, 3.05) is 6.61 Å². The van der Waals surface area contributed by atoms with Crippen molar-refractivity contribution in [3.8, 4) is 6.07 Å². The Bertz CT molecular complexity index is 349. The van der Waals surface area contributed by atoms with E-state index in [-0.39, 0.29) is 5.41 Å². The van der Waals surface area contributed by atoms with Crippen LogP contribution < -0.4 is 5.90 Å². The van der Waals surface area contributed by atoms with Crippen molar-refractivity contribution < 1.29 is 4.84 Å². The van der Waals surface area contributed by atoms with Gasteiger partial charge in [-0.1, -0.05) is 0 Å². The van der Waals surface area contributed by atoms with Crippen LogP contribution in [0.1, 0.15) is 23.3 Å². The Kier molecular flexibility index (Phi) is 2.08. The topological polar surface area (TPSA) is 59.0 Å². The summed E-state index contributed by atoms with van der Waals surface area (Å²) in [6.45, 7) is 0.568. The van der Waals surface area contributed by atoms with Gasteiger partial charge in [-0.05, 0) is 18.9 Å². The Morgan fingerprint density at radius 3 is 2.92 bits per heavy atom. The lowest BCUT2D eigenvalue weighted by Crippen LogP contribution is -2.16. The number of nitriles is 1. The summed E-state index contributed by atoms with van der Waals surface area (Å²) in [4.78, 5) is 5.92. The summed E-state index contributed by atoms with van der Waals surface area (Å²) in [6, 6.07) is 4.07. The van der Waals surface area contributed by atoms with E-state index in [2.05, 4.69) is 6.07 Å². The standard InChI is InChI=1S/C9H10N2OS/c10-4-7-3-8(13-5-7)9(1-2-9)6-12-11/h3,5H,1-2,6,11H2. The van der Waals surface area contributed by atoms with Gasteiger partial charge in [0.1, 0.15) is 6.07 Å². The van der Waals surface area contributed by atoms with E-state index < -0.39 is 0 Å². The summed E-state index contributed by atoms with van der Waals surface area (Å²) in [7, 11) is 0. The third-order valence-corrected chi connectivity index (χ3v) is 3.64. The predicted octanol–water partition coefficient (Wildman–Crippen LogP) is 1.54. The summed E-state index contributed by atoms with van der Waals surface area (Å²) in [5.74, 6) is 5.07. The highest BCUT2D eigenvalue weighted by Gasteiger charge is 2.45. The van der Waals surface area contributed by atoms with E-state index in [1.807, 2.05) is 11.4 Å². The average Bonchev–Trinajstić information content (AvgIpc) is 2.78. The van der Waals surface area contributed by atoms with Gasteiger partial charge in [-0.15, -0.1) is 11.3 Å². The second kappa shape index (κ2) is 3.11. The minimum absolute atomic E-state index is 0.133. The van der Waals surface area contributed by atoms with E-state index in [4.69, 9.17) is 16.0 Å². The first-order valence-corrected chi connectivity index (χ1v) is 4.99. The third kappa shape index (κ3) is 1.46. The number of hydrogen-bond acceptors (Lipinski definition) is 4. The van der Waals surface area contributed by atoms with Crippen LogP contribution in [0.5, 0.6) is 0 Å². The van der Waals surface area contributed by atoms with Gasteiger partial charge in [0.15, 0.2) is 0 Å². The molecule has 1 aliphatic rings. The molecule has 0 unspecified atom stereocenters. The quantitative estimate of drug-likeness (QED) is 0.742. The van der Waals surface area contributed by atoms with Crippen LogP contribution in [0, 0.1) is 11.3 Å². The summed E-state index contributed by atoms with van der Waals surface area (Å²) >= 11 is 1.63. The lowest BCUT2D eigenvalue weighted by Gasteiger charge is -2.09. The van der Waals surface area contributed by atoms with Crippen LogP contribution in [-0.4, -0.2) is 6.61 Å². The van der Waals surface area contributed by atoms with Crippen molar-refractivity contribution >= 4 is 11.3 Å². The van der Waals surface area contributed by atoms with Gasteiger partial charge in [0.2, 0.25) is 0 Å². The zero-order chi connectivity index (χ0) is 9.31. The van der Waals surface area contributed by atoms with Crippen LogP contribution in [0.15, 0.2) is 11.4 Å². The molecular formula is C9H10N2OS. The van der Waals surface area contributed by atoms with Gasteiger partial charge in [-0.3, -0.25) is 0 Å². The number of nitrogens with zero attached hydrogens (tertiary/aromatic N) is 1.